The van der Waals surface area contributed by atoms with E-state index in [0.29, 0.717) is 17.7 Å². The van der Waals surface area contributed by atoms with E-state index in [1.807, 2.05) is 12.1 Å². The van der Waals surface area contributed by atoms with E-state index >= 15 is 0 Å². The Labute approximate surface area is 94.4 Å². The molecule has 1 unspecified atom stereocenters. The molecular weight excluding hydrogens is 214 g/mol. The Morgan fingerprint density at radius 3 is 3.20 bits per heavy atom. The molecule has 2 rings (SSSR count). The van der Waals surface area contributed by atoms with Crippen molar-refractivity contribution < 1.29 is 9.47 Å². The van der Waals surface area contributed by atoms with Crippen LogP contribution in [0.3, 0.4) is 0 Å². The molecule has 1 aromatic rings. The zero-order valence-corrected chi connectivity index (χ0v) is 9.24. The lowest BCUT2D eigenvalue weighted by Crippen LogP contribution is -2.09. The summed E-state index contributed by atoms with van der Waals surface area (Å²) >= 11 is 5.76. The van der Waals surface area contributed by atoms with Crippen LogP contribution in [0.5, 0.6) is 0 Å². The molecule has 1 saturated heterocycles. The van der Waals surface area contributed by atoms with Crippen molar-refractivity contribution in [1.29, 1.82) is 0 Å². The first kappa shape index (κ1) is 10.9. The van der Waals surface area contributed by atoms with Gasteiger partial charge in [-0.25, -0.2) is 4.98 Å². The van der Waals surface area contributed by atoms with Gasteiger partial charge in [-0.2, -0.15) is 0 Å². The molecular formula is C11H14ClNO2. The smallest absolute Gasteiger partial charge is 0.129 e. The maximum absolute atomic E-state index is 5.76. The Hall–Kier alpha value is -0.640. The Morgan fingerprint density at radius 1 is 1.53 bits per heavy atom. The van der Waals surface area contributed by atoms with Crippen LogP contribution in [-0.2, 0) is 16.1 Å². The van der Waals surface area contributed by atoms with Crippen molar-refractivity contribution in [2.45, 2.75) is 13.0 Å². The summed E-state index contributed by atoms with van der Waals surface area (Å²) in [6.45, 7) is 2.96. The fourth-order valence-corrected chi connectivity index (χ4v) is 1.76. The third-order valence-corrected chi connectivity index (χ3v) is 2.61. The summed E-state index contributed by atoms with van der Waals surface area (Å²) in [6.07, 6.45) is 1.10. The largest absolute Gasteiger partial charge is 0.381 e. The van der Waals surface area contributed by atoms with Gasteiger partial charge in [0.2, 0.25) is 0 Å². The van der Waals surface area contributed by atoms with Crippen LogP contribution in [0.4, 0.5) is 0 Å². The average Bonchev–Trinajstić information content (AvgIpc) is 2.71. The van der Waals surface area contributed by atoms with Crippen LogP contribution >= 0.6 is 11.6 Å². The molecule has 0 saturated carbocycles. The third-order valence-electron chi connectivity index (χ3n) is 2.40. The second kappa shape index (κ2) is 5.45. The highest BCUT2D eigenvalue weighted by atomic mass is 35.5. The number of rotatable bonds is 4. The quantitative estimate of drug-likeness (QED) is 0.740. The van der Waals surface area contributed by atoms with Crippen molar-refractivity contribution in [3.05, 3.63) is 29.0 Å². The predicted molar refractivity (Wildman–Crippen MR) is 57.8 cm³/mol. The first-order valence-corrected chi connectivity index (χ1v) is 5.49. The van der Waals surface area contributed by atoms with Crippen LogP contribution < -0.4 is 0 Å². The Bertz CT molecular complexity index is 313. The zero-order valence-electron chi connectivity index (χ0n) is 8.49. The highest BCUT2D eigenvalue weighted by Gasteiger charge is 2.15. The molecule has 1 aliphatic rings. The van der Waals surface area contributed by atoms with E-state index in [2.05, 4.69) is 4.98 Å². The Morgan fingerprint density at radius 2 is 2.47 bits per heavy atom. The van der Waals surface area contributed by atoms with Crippen LogP contribution in [0.2, 0.25) is 5.15 Å². The van der Waals surface area contributed by atoms with E-state index in [9.17, 15) is 0 Å². The number of hydrogen-bond acceptors (Lipinski definition) is 3. The summed E-state index contributed by atoms with van der Waals surface area (Å²) in [5.74, 6) is 0.546. The van der Waals surface area contributed by atoms with Crippen LogP contribution in [0.1, 0.15) is 12.1 Å². The lowest BCUT2D eigenvalue weighted by Gasteiger charge is -2.08. The average molecular weight is 228 g/mol. The molecule has 0 amide bonds. The number of ether oxygens (including phenoxy) is 2. The molecule has 1 aliphatic heterocycles. The fourth-order valence-electron chi connectivity index (χ4n) is 1.58. The Balaban J connectivity index is 1.73. The molecule has 3 nitrogen and oxygen atoms in total. The van der Waals surface area contributed by atoms with E-state index in [-0.39, 0.29) is 0 Å². The molecule has 0 aliphatic carbocycles. The lowest BCUT2D eigenvalue weighted by atomic mass is 10.1. The summed E-state index contributed by atoms with van der Waals surface area (Å²) in [6, 6.07) is 5.56. The second-order valence-electron chi connectivity index (χ2n) is 3.70. The molecule has 0 bridgehead atoms. The molecule has 1 aromatic heterocycles. The molecule has 4 heteroatoms. The van der Waals surface area contributed by atoms with E-state index in [1.54, 1.807) is 6.07 Å². The maximum atomic E-state index is 5.76. The minimum absolute atomic E-state index is 0.514. The number of hydrogen-bond donors (Lipinski definition) is 0. The lowest BCUT2D eigenvalue weighted by molar-refractivity contribution is 0.0773. The van der Waals surface area contributed by atoms with Gasteiger partial charge in [0.1, 0.15) is 5.15 Å². The normalized spacial score (nSPS) is 20.7. The van der Waals surface area contributed by atoms with Gasteiger partial charge in [-0.05, 0) is 18.6 Å². The monoisotopic (exact) mass is 227 g/mol. The molecule has 0 N–H and O–H groups in total. The first-order chi connectivity index (χ1) is 7.34. The van der Waals surface area contributed by atoms with E-state index in [1.165, 1.54) is 0 Å². The van der Waals surface area contributed by atoms with E-state index < -0.39 is 0 Å². The summed E-state index contributed by atoms with van der Waals surface area (Å²) in [7, 11) is 0. The molecule has 0 spiro atoms. The minimum Gasteiger partial charge on any atom is -0.381 e. The number of nitrogens with zero attached hydrogens (tertiary/aromatic N) is 1. The van der Waals surface area contributed by atoms with Gasteiger partial charge in [-0.1, -0.05) is 17.7 Å². The first-order valence-electron chi connectivity index (χ1n) is 5.11. The molecule has 82 valence electrons. The standard InChI is InChI=1S/C11H14ClNO2/c12-11-3-1-2-10(13-11)8-15-7-9-4-5-14-6-9/h1-3,9H,4-8H2. The predicted octanol–water partition coefficient (Wildman–Crippen LogP) is 2.29. The van der Waals surface area contributed by atoms with Gasteiger partial charge in [0.05, 0.1) is 25.5 Å². The zero-order chi connectivity index (χ0) is 10.5. The van der Waals surface area contributed by atoms with Crippen LogP contribution in [0.15, 0.2) is 18.2 Å². The van der Waals surface area contributed by atoms with Crippen molar-refractivity contribution in [2.75, 3.05) is 19.8 Å². The van der Waals surface area contributed by atoms with E-state index in [0.717, 1.165) is 31.9 Å². The number of pyridine rings is 1. The summed E-state index contributed by atoms with van der Waals surface area (Å²) in [4.78, 5) is 4.15. The Kier molecular flexibility index (Phi) is 3.94. The maximum Gasteiger partial charge on any atom is 0.129 e. The summed E-state index contributed by atoms with van der Waals surface area (Å²) in [5, 5.41) is 0.514. The van der Waals surface area contributed by atoms with Gasteiger partial charge < -0.3 is 9.47 Å². The van der Waals surface area contributed by atoms with Gasteiger partial charge >= 0.3 is 0 Å². The summed E-state index contributed by atoms with van der Waals surface area (Å²) < 4.78 is 10.8. The van der Waals surface area contributed by atoms with Crippen LogP contribution in [0, 0.1) is 5.92 Å². The van der Waals surface area contributed by atoms with Crippen molar-refractivity contribution >= 4 is 11.6 Å². The van der Waals surface area contributed by atoms with E-state index in [4.69, 9.17) is 21.1 Å². The van der Waals surface area contributed by atoms with Crippen LogP contribution in [0.25, 0.3) is 0 Å². The van der Waals surface area contributed by atoms with Crippen molar-refractivity contribution in [1.82, 2.24) is 4.98 Å². The topological polar surface area (TPSA) is 31.4 Å². The highest BCUT2D eigenvalue weighted by Crippen LogP contribution is 2.13. The van der Waals surface area contributed by atoms with Crippen molar-refractivity contribution in [3.63, 3.8) is 0 Å². The fraction of sp³-hybridized carbons (Fsp3) is 0.545. The van der Waals surface area contributed by atoms with Gasteiger partial charge in [0.25, 0.3) is 0 Å². The third kappa shape index (κ3) is 3.45. The minimum atomic E-state index is 0.514. The van der Waals surface area contributed by atoms with Gasteiger partial charge in [0.15, 0.2) is 0 Å². The number of halogens is 1. The molecule has 2 heterocycles. The molecule has 1 fully saturated rings. The van der Waals surface area contributed by atoms with Crippen molar-refractivity contribution in [2.24, 2.45) is 5.92 Å². The molecule has 1 atom stereocenters. The molecule has 0 aromatic carbocycles. The highest BCUT2D eigenvalue weighted by molar-refractivity contribution is 6.29. The summed E-state index contributed by atoms with van der Waals surface area (Å²) in [5.41, 5.74) is 0.876. The SMILES string of the molecule is Clc1cccc(COCC2CCOC2)n1. The number of aromatic nitrogens is 1. The van der Waals surface area contributed by atoms with Gasteiger partial charge in [-0.15, -0.1) is 0 Å². The molecule has 15 heavy (non-hydrogen) atoms. The van der Waals surface area contributed by atoms with Gasteiger partial charge in [0, 0.05) is 12.5 Å². The van der Waals surface area contributed by atoms with Crippen LogP contribution in [-0.4, -0.2) is 24.8 Å². The second-order valence-corrected chi connectivity index (χ2v) is 4.08. The van der Waals surface area contributed by atoms with Crippen molar-refractivity contribution in [3.8, 4) is 0 Å². The van der Waals surface area contributed by atoms with Gasteiger partial charge in [-0.3, -0.25) is 0 Å². The molecule has 0 radical (unpaired) electrons.